The van der Waals surface area contributed by atoms with Crippen molar-refractivity contribution in [2.24, 2.45) is 0 Å². The molecule has 1 unspecified atom stereocenters. The molecule has 116 valence electrons. The zero-order valence-electron chi connectivity index (χ0n) is 11.7. The van der Waals surface area contributed by atoms with Crippen molar-refractivity contribution in [2.45, 2.75) is 32.0 Å². The van der Waals surface area contributed by atoms with Crippen LogP contribution in [-0.4, -0.2) is 20.8 Å². The molecule has 22 heavy (non-hydrogen) atoms. The van der Waals surface area contributed by atoms with Gasteiger partial charge in [0.2, 0.25) is 5.91 Å². The molecule has 0 aliphatic carbocycles. The SMILES string of the molecule is CC1CC(=O)N(Cc2ccccc2)n2c1nnc2C(F)(F)F. The highest BCUT2D eigenvalue weighted by Crippen LogP contribution is 2.33. The second-order valence-corrected chi connectivity index (χ2v) is 5.23. The van der Waals surface area contributed by atoms with E-state index in [9.17, 15) is 18.0 Å². The van der Waals surface area contributed by atoms with Gasteiger partial charge >= 0.3 is 6.18 Å². The number of nitrogens with zero attached hydrogens (tertiary/aromatic N) is 4. The lowest BCUT2D eigenvalue weighted by molar-refractivity contribution is -0.148. The van der Waals surface area contributed by atoms with Crippen LogP contribution in [0.3, 0.4) is 0 Å². The number of carbonyl (C=O) groups is 1. The van der Waals surface area contributed by atoms with Crippen LogP contribution in [0.1, 0.15) is 36.5 Å². The number of halogens is 3. The molecule has 1 aromatic carbocycles. The van der Waals surface area contributed by atoms with Gasteiger partial charge in [-0.2, -0.15) is 13.2 Å². The lowest BCUT2D eigenvalue weighted by atomic mass is 10.0. The lowest BCUT2D eigenvalue weighted by Crippen LogP contribution is -2.47. The first-order valence-electron chi connectivity index (χ1n) is 6.75. The predicted molar refractivity (Wildman–Crippen MR) is 71.4 cm³/mol. The van der Waals surface area contributed by atoms with Crippen LogP contribution in [0.5, 0.6) is 0 Å². The largest absolute Gasteiger partial charge is 0.453 e. The predicted octanol–water partition coefficient (Wildman–Crippen LogP) is 2.47. The van der Waals surface area contributed by atoms with E-state index in [0.29, 0.717) is 0 Å². The van der Waals surface area contributed by atoms with E-state index in [2.05, 4.69) is 10.2 Å². The second kappa shape index (κ2) is 5.11. The molecular formula is C14H13F3N4O. The third-order valence-corrected chi connectivity index (χ3v) is 3.54. The fourth-order valence-electron chi connectivity index (χ4n) is 2.50. The summed E-state index contributed by atoms with van der Waals surface area (Å²) in [5.41, 5.74) is 0.734. The van der Waals surface area contributed by atoms with Crippen LogP contribution in [0.15, 0.2) is 30.3 Å². The van der Waals surface area contributed by atoms with Crippen LogP contribution >= 0.6 is 0 Å². The summed E-state index contributed by atoms with van der Waals surface area (Å²) in [5.74, 6) is -1.79. The van der Waals surface area contributed by atoms with E-state index < -0.39 is 17.9 Å². The fraction of sp³-hybridized carbons (Fsp3) is 0.357. The van der Waals surface area contributed by atoms with Crippen molar-refractivity contribution >= 4 is 5.91 Å². The molecule has 0 spiro atoms. The van der Waals surface area contributed by atoms with Gasteiger partial charge in [-0.25, -0.2) is 9.69 Å². The van der Waals surface area contributed by atoms with Crippen molar-refractivity contribution < 1.29 is 18.0 Å². The van der Waals surface area contributed by atoms with Crippen molar-refractivity contribution in [1.82, 2.24) is 14.9 Å². The first-order valence-corrected chi connectivity index (χ1v) is 6.75. The molecule has 1 aliphatic heterocycles. The van der Waals surface area contributed by atoms with E-state index in [1.54, 1.807) is 37.3 Å². The Bertz CT molecular complexity index is 696. The summed E-state index contributed by atoms with van der Waals surface area (Å²) in [4.78, 5) is 12.2. The number of amides is 1. The van der Waals surface area contributed by atoms with Gasteiger partial charge in [-0.05, 0) is 5.56 Å². The molecule has 2 heterocycles. The van der Waals surface area contributed by atoms with Crippen LogP contribution in [0, 0.1) is 0 Å². The van der Waals surface area contributed by atoms with Gasteiger partial charge in [-0.3, -0.25) is 4.79 Å². The molecule has 2 aromatic rings. The van der Waals surface area contributed by atoms with Crippen LogP contribution < -0.4 is 5.01 Å². The van der Waals surface area contributed by atoms with E-state index in [-0.39, 0.29) is 24.7 Å². The zero-order chi connectivity index (χ0) is 15.9. The summed E-state index contributed by atoms with van der Waals surface area (Å²) in [6.07, 6.45) is -4.56. The van der Waals surface area contributed by atoms with Crippen molar-refractivity contribution in [3.05, 3.63) is 47.5 Å². The third-order valence-electron chi connectivity index (χ3n) is 3.54. The molecule has 0 N–H and O–H groups in total. The molecule has 0 saturated heterocycles. The molecule has 0 fully saturated rings. The number of hydrogen-bond acceptors (Lipinski definition) is 3. The number of rotatable bonds is 2. The topological polar surface area (TPSA) is 51.0 Å². The highest BCUT2D eigenvalue weighted by Gasteiger charge is 2.43. The standard InChI is InChI=1S/C14H13F3N4O/c1-9-7-11(22)20(8-10-5-3-2-4-6-10)21-12(9)18-19-13(21)14(15,16)17/h2-6,9H,7-8H2,1H3. The van der Waals surface area contributed by atoms with Crippen LogP contribution in [0.4, 0.5) is 13.2 Å². The van der Waals surface area contributed by atoms with Gasteiger partial charge in [0.25, 0.3) is 5.82 Å². The number of benzene rings is 1. The maximum Gasteiger partial charge on any atom is 0.453 e. The highest BCUT2D eigenvalue weighted by atomic mass is 19.4. The Hall–Kier alpha value is -2.38. The van der Waals surface area contributed by atoms with Gasteiger partial charge in [0, 0.05) is 12.3 Å². The maximum atomic E-state index is 13.1. The Morgan fingerprint density at radius 1 is 1.23 bits per heavy atom. The quantitative estimate of drug-likeness (QED) is 0.856. The van der Waals surface area contributed by atoms with Gasteiger partial charge in [-0.1, -0.05) is 37.3 Å². The smallest absolute Gasteiger partial charge is 0.273 e. The zero-order valence-corrected chi connectivity index (χ0v) is 11.7. The summed E-state index contributed by atoms with van der Waals surface area (Å²) in [5, 5.41) is 7.93. The summed E-state index contributed by atoms with van der Waals surface area (Å²) in [7, 11) is 0. The lowest BCUT2D eigenvalue weighted by Gasteiger charge is -2.32. The Labute approximate surface area is 124 Å². The minimum absolute atomic E-state index is 0.0422. The number of fused-ring (bicyclic) bond motifs is 1. The Morgan fingerprint density at radius 2 is 1.91 bits per heavy atom. The van der Waals surface area contributed by atoms with Crippen LogP contribution in [0.25, 0.3) is 0 Å². The Balaban J connectivity index is 2.06. The van der Waals surface area contributed by atoms with E-state index in [4.69, 9.17) is 0 Å². The summed E-state index contributed by atoms with van der Waals surface area (Å²) in [6, 6.07) is 8.84. The van der Waals surface area contributed by atoms with Crippen molar-refractivity contribution in [1.29, 1.82) is 0 Å². The summed E-state index contributed by atoms with van der Waals surface area (Å²) in [6.45, 7) is 1.71. The van der Waals surface area contributed by atoms with Crippen molar-refractivity contribution in [2.75, 3.05) is 5.01 Å². The van der Waals surface area contributed by atoms with Gasteiger partial charge < -0.3 is 0 Å². The minimum Gasteiger partial charge on any atom is -0.273 e. The van der Waals surface area contributed by atoms with E-state index >= 15 is 0 Å². The first-order chi connectivity index (χ1) is 10.4. The normalized spacial score (nSPS) is 18.5. The summed E-state index contributed by atoms with van der Waals surface area (Å²) >= 11 is 0. The number of alkyl halides is 3. The molecule has 0 saturated carbocycles. The molecule has 3 rings (SSSR count). The fourth-order valence-corrected chi connectivity index (χ4v) is 2.50. The molecule has 1 aromatic heterocycles. The molecule has 5 nitrogen and oxygen atoms in total. The number of aromatic nitrogens is 3. The van der Waals surface area contributed by atoms with E-state index in [0.717, 1.165) is 15.2 Å². The molecule has 0 radical (unpaired) electrons. The molecular weight excluding hydrogens is 297 g/mol. The minimum atomic E-state index is -4.67. The number of carbonyl (C=O) groups excluding carboxylic acids is 1. The van der Waals surface area contributed by atoms with Crippen molar-refractivity contribution in [3.63, 3.8) is 0 Å². The molecule has 1 amide bonds. The maximum absolute atomic E-state index is 13.1. The van der Waals surface area contributed by atoms with Gasteiger partial charge in [0.1, 0.15) is 0 Å². The average Bonchev–Trinajstić information content (AvgIpc) is 2.90. The summed E-state index contributed by atoms with van der Waals surface area (Å²) < 4.78 is 40.2. The Morgan fingerprint density at radius 3 is 2.55 bits per heavy atom. The van der Waals surface area contributed by atoms with Crippen LogP contribution in [0.2, 0.25) is 0 Å². The van der Waals surface area contributed by atoms with Gasteiger partial charge in [-0.15, -0.1) is 10.2 Å². The first kappa shape index (κ1) is 14.6. The molecule has 0 bridgehead atoms. The molecule has 8 heteroatoms. The second-order valence-electron chi connectivity index (χ2n) is 5.23. The highest BCUT2D eigenvalue weighted by molar-refractivity contribution is 5.87. The third kappa shape index (κ3) is 2.44. The van der Waals surface area contributed by atoms with Gasteiger partial charge in [0.15, 0.2) is 5.82 Å². The van der Waals surface area contributed by atoms with E-state index in [1.807, 2.05) is 0 Å². The number of hydrogen-bond donors (Lipinski definition) is 0. The van der Waals surface area contributed by atoms with E-state index in [1.165, 1.54) is 0 Å². The molecule has 1 aliphatic rings. The Kier molecular flexibility index (Phi) is 3.38. The van der Waals surface area contributed by atoms with Gasteiger partial charge in [0.05, 0.1) is 6.54 Å². The van der Waals surface area contributed by atoms with Crippen LogP contribution in [-0.2, 0) is 17.5 Å². The molecule has 1 atom stereocenters. The monoisotopic (exact) mass is 310 g/mol. The van der Waals surface area contributed by atoms with Crippen molar-refractivity contribution in [3.8, 4) is 0 Å². The average molecular weight is 310 g/mol.